The molecule has 0 aliphatic rings. The second kappa shape index (κ2) is 10.4. The minimum atomic E-state index is -1.76. The lowest BCUT2D eigenvalue weighted by atomic mass is 10.1. The number of nitrogens with zero attached hydrogens (tertiary/aromatic N) is 1. The van der Waals surface area contributed by atoms with E-state index < -0.39 is 29.7 Å². The van der Waals surface area contributed by atoms with Crippen LogP contribution in [0.3, 0.4) is 0 Å². The Labute approximate surface area is 171 Å². The van der Waals surface area contributed by atoms with Crippen LogP contribution in [0.2, 0.25) is 0 Å². The predicted octanol–water partition coefficient (Wildman–Crippen LogP) is 1.27. The van der Waals surface area contributed by atoms with Gasteiger partial charge in [-0.3, -0.25) is 10.2 Å². The maximum Gasteiger partial charge on any atom is 0.256 e. The Balaban J connectivity index is 1.87. The second-order valence-corrected chi connectivity index (χ2v) is 6.42. The van der Waals surface area contributed by atoms with Gasteiger partial charge < -0.3 is 30.6 Å². The zero-order chi connectivity index (χ0) is 22.3. The summed E-state index contributed by atoms with van der Waals surface area (Å²) in [5.74, 6) is -2.93. The molecule has 8 nitrogen and oxygen atoms in total. The van der Waals surface area contributed by atoms with Crippen molar-refractivity contribution in [2.45, 2.75) is 12.2 Å². The summed E-state index contributed by atoms with van der Waals surface area (Å²) in [4.78, 5) is 25.0. The molecule has 2 atom stereocenters. The molecule has 160 valence electrons. The maximum atomic E-state index is 13.3. The number of nitrogens with two attached hydrogens (primary N) is 1. The summed E-state index contributed by atoms with van der Waals surface area (Å²) >= 11 is 0. The lowest BCUT2D eigenvalue weighted by molar-refractivity contribution is -0.139. The molecule has 0 spiro atoms. The van der Waals surface area contributed by atoms with E-state index in [1.165, 1.54) is 30.3 Å². The molecule has 2 aromatic rings. The molecule has 0 saturated heterocycles. The molecule has 0 fully saturated rings. The number of hydrogen-bond donors (Lipinski definition) is 4. The Morgan fingerprint density at radius 2 is 1.93 bits per heavy atom. The maximum absolute atomic E-state index is 13.3. The van der Waals surface area contributed by atoms with E-state index in [2.05, 4.69) is 5.32 Å². The summed E-state index contributed by atoms with van der Waals surface area (Å²) in [5.41, 5.74) is 6.55. The molecule has 2 aromatic carbocycles. The van der Waals surface area contributed by atoms with Crippen LogP contribution in [0.25, 0.3) is 0 Å². The Morgan fingerprint density at radius 1 is 1.27 bits per heavy atom. The number of aliphatic hydroxyl groups excluding tert-OH is 1. The molecule has 30 heavy (non-hydrogen) atoms. The van der Waals surface area contributed by atoms with Crippen molar-refractivity contribution < 1.29 is 28.2 Å². The monoisotopic (exact) mass is 420 g/mol. The van der Waals surface area contributed by atoms with E-state index in [1.807, 2.05) is 0 Å². The van der Waals surface area contributed by atoms with E-state index in [4.69, 9.17) is 15.9 Å². The predicted molar refractivity (Wildman–Crippen MR) is 108 cm³/mol. The van der Waals surface area contributed by atoms with E-state index >= 15 is 0 Å². The molecule has 0 heterocycles. The van der Waals surface area contributed by atoms with Gasteiger partial charge in [-0.25, -0.2) is 8.78 Å². The van der Waals surface area contributed by atoms with Gasteiger partial charge in [0.1, 0.15) is 11.9 Å². The second-order valence-electron chi connectivity index (χ2n) is 6.42. The van der Waals surface area contributed by atoms with Crippen LogP contribution in [0.5, 0.6) is 0 Å². The number of benzene rings is 2. The molecule has 10 heteroatoms. The minimum Gasteiger partial charge on any atom is -0.384 e. The number of nitrogen functional groups attached to an aromatic ring is 1. The smallest absolute Gasteiger partial charge is 0.256 e. The number of amides is 1. The number of likely N-dealkylation sites (N-methyl/N-ethyl adjacent to an activating group) is 1. The lowest BCUT2D eigenvalue weighted by Crippen LogP contribution is -2.41. The van der Waals surface area contributed by atoms with Crippen molar-refractivity contribution in [3.05, 3.63) is 59.7 Å². The van der Waals surface area contributed by atoms with E-state index in [0.717, 1.165) is 12.1 Å². The first-order valence-electron chi connectivity index (χ1n) is 8.89. The van der Waals surface area contributed by atoms with Crippen LogP contribution in [-0.4, -0.2) is 55.5 Å². The lowest BCUT2D eigenvalue weighted by Gasteiger charge is -2.22. The number of nitrogens with one attached hydrogen (secondary N) is 2. The molecule has 1 amide bonds. The third-order valence-corrected chi connectivity index (χ3v) is 4.26. The minimum absolute atomic E-state index is 0.0590. The zero-order valence-corrected chi connectivity index (χ0v) is 16.1. The molecule has 5 N–H and O–H groups in total. The molecule has 0 radical (unpaired) electrons. The Bertz CT molecular complexity index is 908. The van der Waals surface area contributed by atoms with Gasteiger partial charge in [-0.1, -0.05) is 0 Å². The van der Waals surface area contributed by atoms with Gasteiger partial charge in [0.05, 0.1) is 6.61 Å². The molecule has 0 bridgehead atoms. The molecule has 0 saturated carbocycles. The Kier molecular flexibility index (Phi) is 7.96. The Morgan fingerprint density at radius 3 is 2.50 bits per heavy atom. The van der Waals surface area contributed by atoms with E-state index in [9.17, 15) is 23.5 Å². The quantitative estimate of drug-likeness (QED) is 0.260. The van der Waals surface area contributed by atoms with Gasteiger partial charge >= 0.3 is 0 Å². The highest BCUT2D eigenvalue weighted by Gasteiger charge is 2.27. The average molecular weight is 420 g/mol. The van der Waals surface area contributed by atoms with E-state index in [0.29, 0.717) is 23.2 Å². The summed E-state index contributed by atoms with van der Waals surface area (Å²) in [7, 11) is 1.61. The van der Waals surface area contributed by atoms with Crippen molar-refractivity contribution in [1.29, 1.82) is 5.41 Å². The number of halogens is 2. The fourth-order valence-electron chi connectivity index (χ4n) is 2.48. The number of amidine groups is 1. The largest absolute Gasteiger partial charge is 0.384 e. The van der Waals surface area contributed by atoms with Gasteiger partial charge in [0.2, 0.25) is 0 Å². The highest BCUT2D eigenvalue weighted by atomic mass is 19.2. The fraction of sp³-hybridized carbons (Fsp3) is 0.250. The number of carbonyl (C=O) groups excluding carboxylic acids is 2. The van der Waals surface area contributed by atoms with Crippen molar-refractivity contribution in [1.82, 2.24) is 0 Å². The van der Waals surface area contributed by atoms with Gasteiger partial charge in [0.15, 0.2) is 24.0 Å². The zero-order valence-electron chi connectivity index (χ0n) is 16.1. The van der Waals surface area contributed by atoms with Crippen molar-refractivity contribution in [2.75, 3.05) is 30.4 Å². The average Bonchev–Trinajstić information content (AvgIpc) is 2.72. The summed E-state index contributed by atoms with van der Waals surface area (Å²) in [5, 5.41) is 19.9. The van der Waals surface area contributed by atoms with Crippen molar-refractivity contribution in [3.8, 4) is 0 Å². The number of anilines is 2. The highest BCUT2D eigenvalue weighted by Crippen LogP contribution is 2.16. The molecule has 0 aromatic heterocycles. The van der Waals surface area contributed by atoms with E-state index in [-0.39, 0.29) is 19.0 Å². The van der Waals surface area contributed by atoms with Gasteiger partial charge in [0.25, 0.3) is 5.91 Å². The SMILES string of the molecule is CN(CCOC(C=O)C(O)C(=O)Nc1ccc(C(=N)N)cc1)c1ccc(F)c(F)c1. The summed E-state index contributed by atoms with van der Waals surface area (Å²) in [6, 6.07) is 9.43. The topological polar surface area (TPSA) is 129 Å². The number of rotatable bonds is 10. The standard InChI is InChI=1S/C20H22F2N4O4/c1-26(14-6-7-15(21)16(22)10-14)8-9-30-17(11-27)18(28)20(29)25-13-4-2-12(3-5-13)19(23)24/h2-7,10-11,17-18,28H,8-9H2,1H3,(H3,23,24)(H,25,29). The highest BCUT2D eigenvalue weighted by molar-refractivity contribution is 5.98. The number of hydrogen-bond acceptors (Lipinski definition) is 6. The fourth-order valence-corrected chi connectivity index (χ4v) is 2.48. The van der Waals surface area contributed by atoms with Crippen molar-refractivity contribution >= 4 is 29.4 Å². The Hall–Kier alpha value is -3.37. The molecule has 0 aliphatic carbocycles. The molecule has 2 rings (SSSR count). The van der Waals surface area contributed by atoms with Gasteiger partial charge in [-0.15, -0.1) is 0 Å². The summed E-state index contributed by atoms with van der Waals surface area (Å²) in [6.07, 6.45) is -2.87. The van der Waals surface area contributed by atoms with Crippen LogP contribution in [0.1, 0.15) is 5.56 Å². The number of aldehydes is 1. The number of aliphatic hydroxyl groups is 1. The third-order valence-electron chi connectivity index (χ3n) is 4.26. The van der Waals surface area contributed by atoms with Crippen LogP contribution < -0.4 is 16.0 Å². The first kappa shape index (κ1) is 22.9. The van der Waals surface area contributed by atoms with Crippen LogP contribution in [0.4, 0.5) is 20.2 Å². The van der Waals surface area contributed by atoms with Crippen molar-refractivity contribution in [3.63, 3.8) is 0 Å². The van der Waals surface area contributed by atoms with Gasteiger partial charge in [0, 0.05) is 36.6 Å². The van der Waals surface area contributed by atoms with Crippen LogP contribution in [0.15, 0.2) is 42.5 Å². The first-order valence-corrected chi connectivity index (χ1v) is 8.89. The normalized spacial score (nSPS) is 12.7. The van der Waals surface area contributed by atoms with Crippen LogP contribution in [-0.2, 0) is 14.3 Å². The summed E-state index contributed by atoms with van der Waals surface area (Å²) < 4.78 is 31.6. The first-order chi connectivity index (χ1) is 14.2. The van der Waals surface area contributed by atoms with Gasteiger partial charge in [-0.05, 0) is 36.4 Å². The molecule has 0 aliphatic heterocycles. The molecular formula is C20H22F2N4O4. The van der Waals surface area contributed by atoms with Gasteiger partial charge in [-0.2, -0.15) is 0 Å². The molecular weight excluding hydrogens is 398 g/mol. The van der Waals surface area contributed by atoms with Crippen molar-refractivity contribution in [2.24, 2.45) is 5.73 Å². The molecule has 2 unspecified atom stereocenters. The van der Waals surface area contributed by atoms with Crippen LogP contribution in [0, 0.1) is 17.0 Å². The summed E-state index contributed by atoms with van der Waals surface area (Å²) in [6.45, 7) is 0.132. The van der Waals surface area contributed by atoms with E-state index in [1.54, 1.807) is 11.9 Å². The van der Waals surface area contributed by atoms with Crippen LogP contribution >= 0.6 is 0 Å². The number of carbonyl (C=O) groups is 2. The third kappa shape index (κ3) is 6.06. The number of ether oxygens (including phenoxy) is 1.